The summed E-state index contributed by atoms with van der Waals surface area (Å²) >= 11 is 0. The number of benzene rings is 1. The zero-order valence-corrected chi connectivity index (χ0v) is 18.5. The third kappa shape index (κ3) is 5.36. The van der Waals surface area contributed by atoms with Crippen molar-refractivity contribution in [1.29, 1.82) is 0 Å². The number of carbonyl (C=O) groups excluding carboxylic acids is 1. The van der Waals surface area contributed by atoms with Gasteiger partial charge in [0.15, 0.2) is 12.5 Å². The van der Waals surface area contributed by atoms with Crippen LogP contribution in [0.2, 0.25) is 0 Å². The quantitative estimate of drug-likeness (QED) is 0.435. The fraction of sp³-hybridized carbons (Fsp3) is 0.720. The Morgan fingerprint density at radius 2 is 1.90 bits per heavy atom. The Morgan fingerprint density at radius 3 is 2.60 bits per heavy atom. The van der Waals surface area contributed by atoms with Crippen LogP contribution >= 0.6 is 0 Å². The molecule has 0 spiro atoms. The van der Waals surface area contributed by atoms with E-state index in [1.807, 2.05) is 12.1 Å². The van der Waals surface area contributed by atoms with Gasteiger partial charge in [0.25, 0.3) is 0 Å². The van der Waals surface area contributed by atoms with Gasteiger partial charge in [-0.15, -0.1) is 0 Å². The molecule has 0 radical (unpaired) electrons. The highest BCUT2D eigenvalue weighted by atomic mass is 16.5. The summed E-state index contributed by atoms with van der Waals surface area (Å²) in [5, 5.41) is 0. The zero-order chi connectivity index (χ0) is 20.8. The van der Waals surface area contributed by atoms with Crippen LogP contribution < -0.4 is 9.64 Å². The minimum atomic E-state index is -0.465. The molecule has 0 amide bonds. The van der Waals surface area contributed by atoms with Gasteiger partial charge in [-0.25, -0.2) is 0 Å². The second kappa shape index (κ2) is 10.6. The molecule has 0 bridgehead atoms. The van der Waals surface area contributed by atoms with Crippen LogP contribution in [0.5, 0.6) is 5.75 Å². The number of rotatable bonds is 9. The molecule has 4 rings (SSSR count). The number of aldehydes is 1. The minimum Gasteiger partial charge on any atom is -0.494 e. The van der Waals surface area contributed by atoms with Crippen molar-refractivity contribution in [2.75, 3.05) is 31.2 Å². The maximum atomic E-state index is 11.6. The van der Waals surface area contributed by atoms with E-state index in [4.69, 9.17) is 9.47 Å². The molecule has 2 saturated heterocycles. The molecule has 1 aromatic carbocycles. The van der Waals surface area contributed by atoms with Gasteiger partial charge in [0.05, 0.1) is 19.3 Å². The summed E-state index contributed by atoms with van der Waals surface area (Å²) in [5.41, 5.74) is 1.06. The van der Waals surface area contributed by atoms with Crippen LogP contribution in [0, 0.1) is 5.92 Å². The first-order chi connectivity index (χ1) is 14.7. The van der Waals surface area contributed by atoms with E-state index in [0.717, 1.165) is 55.7 Å². The van der Waals surface area contributed by atoms with Gasteiger partial charge in [-0.2, -0.15) is 0 Å². The number of nitrogens with zero attached hydrogens (tertiary/aromatic N) is 2. The Kier molecular flexibility index (Phi) is 7.67. The van der Waals surface area contributed by atoms with Crippen LogP contribution in [-0.4, -0.2) is 55.8 Å². The predicted molar refractivity (Wildman–Crippen MR) is 120 cm³/mol. The van der Waals surface area contributed by atoms with Crippen molar-refractivity contribution in [2.45, 2.75) is 83.0 Å². The monoisotopic (exact) mass is 414 g/mol. The smallest absolute Gasteiger partial charge is 0.187 e. The summed E-state index contributed by atoms with van der Waals surface area (Å²) in [6, 6.07) is 9.24. The van der Waals surface area contributed by atoms with Gasteiger partial charge in [0.1, 0.15) is 5.75 Å². The fourth-order valence-corrected chi connectivity index (χ4v) is 5.53. The number of hydrogen-bond acceptors (Lipinski definition) is 5. The second-order valence-corrected chi connectivity index (χ2v) is 9.38. The molecule has 2 heterocycles. The Bertz CT molecular complexity index is 659. The largest absolute Gasteiger partial charge is 0.494 e. The van der Waals surface area contributed by atoms with Crippen LogP contribution in [0.3, 0.4) is 0 Å². The lowest BCUT2D eigenvalue weighted by atomic mass is 9.84. The van der Waals surface area contributed by atoms with Crippen molar-refractivity contribution in [3.8, 4) is 5.75 Å². The average molecular weight is 415 g/mol. The van der Waals surface area contributed by atoms with Crippen LogP contribution in [0.25, 0.3) is 0 Å². The summed E-state index contributed by atoms with van der Waals surface area (Å²) in [7, 11) is 0. The number of likely N-dealkylation sites (tertiary alicyclic amines) is 1. The number of hydrogen-bond donors (Lipinski definition) is 0. The Hall–Kier alpha value is -1.59. The maximum absolute atomic E-state index is 11.6. The molecule has 1 aromatic rings. The molecule has 5 heteroatoms. The van der Waals surface area contributed by atoms with Gasteiger partial charge in [0.2, 0.25) is 0 Å². The molecule has 3 unspecified atom stereocenters. The highest BCUT2D eigenvalue weighted by molar-refractivity contribution is 5.66. The third-order valence-corrected chi connectivity index (χ3v) is 7.26. The van der Waals surface area contributed by atoms with Crippen LogP contribution in [0.1, 0.15) is 64.7 Å². The van der Waals surface area contributed by atoms with Gasteiger partial charge in [0, 0.05) is 18.3 Å². The molecular weight excluding hydrogens is 376 g/mol. The van der Waals surface area contributed by atoms with Crippen molar-refractivity contribution in [2.24, 2.45) is 5.92 Å². The molecule has 30 heavy (non-hydrogen) atoms. The predicted octanol–water partition coefficient (Wildman–Crippen LogP) is 4.64. The van der Waals surface area contributed by atoms with E-state index < -0.39 is 6.23 Å². The first-order valence-electron chi connectivity index (χ1n) is 12.1. The van der Waals surface area contributed by atoms with Gasteiger partial charge in [-0.05, 0) is 69.3 Å². The Balaban J connectivity index is 1.29. The lowest BCUT2D eigenvalue weighted by Gasteiger charge is -2.31. The lowest BCUT2D eigenvalue weighted by molar-refractivity contribution is -0.115. The van der Waals surface area contributed by atoms with E-state index >= 15 is 0 Å². The normalized spacial score (nSPS) is 28.2. The van der Waals surface area contributed by atoms with E-state index in [2.05, 4.69) is 28.9 Å². The van der Waals surface area contributed by atoms with Crippen molar-refractivity contribution < 1.29 is 14.3 Å². The summed E-state index contributed by atoms with van der Waals surface area (Å²) in [4.78, 5) is 16.3. The van der Waals surface area contributed by atoms with E-state index in [1.165, 1.54) is 51.5 Å². The first-order valence-corrected chi connectivity index (χ1v) is 12.1. The lowest BCUT2D eigenvalue weighted by Crippen LogP contribution is -2.39. The van der Waals surface area contributed by atoms with Crippen LogP contribution in [-0.2, 0) is 9.53 Å². The van der Waals surface area contributed by atoms with E-state index in [9.17, 15) is 4.79 Å². The number of ether oxygens (including phenoxy) is 2. The molecule has 3 aliphatic rings. The molecule has 0 aromatic heterocycles. The molecule has 2 aliphatic heterocycles. The number of carbonyl (C=O) groups is 1. The standard InChI is InChI=1S/C25H38N2O3/c1-20-7-5-14-26(20)15-6-16-29-24-12-10-22(11-13-24)27-23(19-30-25(27)18-28)17-21-8-3-2-4-9-21/h10-13,18,20-21,23,25H,2-9,14-17,19H2,1H3. The van der Waals surface area contributed by atoms with E-state index in [-0.39, 0.29) is 6.04 Å². The van der Waals surface area contributed by atoms with Crippen LogP contribution in [0.15, 0.2) is 24.3 Å². The highest BCUT2D eigenvalue weighted by Crippen LogP contribution is 2.34. The van der Waals surface area contributed by atoms with Crippen molar-refractivity contribution >= 4 is 12.0 Å². The molecule has 3 fully saturated rings. The Morgan fingerprint density at radius 1 is 1.10 bits per heavy atom. The minimum absolute atomic E-state index is 0.289. The maximum Gasteiger partial charge on any atom is 0.187 e. The zero-order valence-electron chi connectivity index (χ0n) is 18.5. The topological polar surface area (TPSA) is 42.0 Å². The van der Waals surface area contributed by atoms with E-state index in [0.29, 0.717) is 6.61 Å². The Labute approximate surface area is 181 Å². The molecule has 0 N–H and O–H groups in total. The fourth-order valence-electron chi connectivity index (χ4n) is 5.53. The molecule has 1 saturated carbocycles. The number of anilines is 1. The first kappa shape index (κ1) is 21.6. The molecular formula is C25H38N2O3. The SMILES string of the molecule is CC1CCCN1CCCOc1ccc(N2C(CC3CCCCC3)COC2C=O)cc1. The summed E-state index contributed by atoms with van der Waals surface area (Å²) in [6.07, 6.45) is 12.0. The molecule has 1 aliphatic carbocycles. The van der Waals surface area contributed by atoms with Gasteiger partial charge >= 0.3 is 0 Å². The summed E-state index contributed by atoms with van der Waals surface area (Å²) in [5.74, 6) is 1.67. The molecule has 5 nitrogen and oxygen atoms in total. The highest BCUT2D eigenvalue weighted by Gasteiger charge is 2.35. The van der Waals surface area contributed by atoms with Gasteiger partial charge in [-0.3, -0.25) is 4.79 Å². The van der Waals surface area contributed by atoms with Crippen molar-refractivity contribution in [3.63, 3.8) is 0 Å². The van der Waals surface area contributed by atoms with Crippen molar-refractivity contribution in [1.82, 2.24) is 4.90 Å². The average Bonchev–Trinajstić information content (AvgIpc) is 3.38. The van der Waals surface area contributed by atoms with Crippen LogP contribution in [0.4, 0.5) is 5.69 Å². The second-order valence-electron chi connectivity index (χ2n) is 9.38. The molecule has 3 atom stereocenters. The third-order valence-electron chi connectivity index (χ3n) is 7.26. The summed E-state index contributed by atoms with van der Waals surface area (Å²) < 4.78 is 11.8. The van der Waals surface area contributed by atoms with Gasteiger partial charge in [-0.1, -0.05) is 32.1 Å². The summed E-state index contributed by atoms with van der Waals surface area (Å²) in [6.45, 7) is 6.06. The van der Waals surface area contributed by atoms with Gasteiger partial charge < -0.3 is 19.3 Å². The van der Waals surface area contributed by atoms with Crippen molar-refractivity contribution in [3.05, 3.63) is 24.3 Å². The molecule has 166 valence electrons. The van der Waals surface area contributed by atoms with E-state index in [1.54, 1.807) is 0 Å².